The standard InChI is InChI=1S/C8H8Cl2O/c1-11-8-3-2-6(5-9)4-7(8)10/h2-4H,5H2,1H3. The molecule has 0 aliphatic rings. The maximum absolute atomic E-state index is 5.82. The molecule has 1 aromatic rings. The summed E-state index contributed by atoms with van der Waals surface area (Å²) >= 11 is 11.4. The Morgan fingerprint density at radius 2 is 2.18 bits per heavy atom. The van der Waals surface area contributed by atoms with Gasteiger partial charge in [0.05, 0.1) is 12.1 Å². The molecule has 1 rings (SSSR count). The van der Waals surface area contributed by atoms with Gasteiger partial charge in [-0.25, -0.2) is 0 Å². The van der Waals surface area contributed by atoms with Gasteiger partial charge >= 0.3 is 0 Å². The molecule has 0 fully saturated rings. The number of ether oxygens (including phenoxy) is 1. The van der Waals surface area contributed by atoms with Crippen LogP contribution in [0.4, 0.5) is 0 Å². The highest BCUT2D eigenvalue weighted by Gasteiger charge is 1.99. The molecule has 0 aliphatic heterocycles. The molecule has 0 heterocycles. The van der Waals surface area contributed by atoms with Gasteiger partial charge in [0.15, 0.2) is 0 Å². The van der Waals surface area contributed by atoms with Crippen molar-refractivity contribution in [3.05, 3.63) is 28.8 Å². The molecule has 1 aromatic carbocycles. The van der Waals surface area contributed by atoms with Crippen molar-refractivity contribution >= 4 is 23.2 Å². The Morgan fingerprint density at radius 1 is 1.45 bits per heavy atom. The third-order valence-electron chi connectivity index (χ3n) is 1.37. The number of rotatable bonds is 2. The highest BCUT2D eigenvalue weighted by molar-refractivity contribution is 6.32. The highest BCUT2D eigenvalue weighted by atomic mass is 35.5. The Labute approximate surface area is 75.9 Å². The second-order valence-electron chi connectivity index (χ2n) is 2.10. The molecule has 0 spiro atoms. The van der Waals surface area contributed by atoms with Gasteiger partial charge in [-0.05, 0) is 17.7 Å². The summed E-state index contributed by atoms with van der Waals surface area (Å²) in [6.07, 6.45) is 0. The lowest BCUT2D eigenvalue weighted by atomic mass is 10.2. The lowest BCUT2D eigenvalue weighted by Crippen LogP contribution is -1.85. The minimum atomic E-state index is 0.476. The maximum atomic E-state index is 5.82. The van der Waals surface area contributed by atoms with Crippen molar-refractivity contribution in [2.75, 3.05) is 7.11 Å². The Balaban J connectivity index is 2.99. The quantitative estimate of drug-likeness (QED) is 0.652. The second-order valence-corrected chi connectivity index (χ2v) is 2.78. The monoisotopic (exact) mass is 190 g/mol. The maximum Gasteiger partial charge on any atom is 0.137 e. The van der Waals surface area contributed by atoms with Crippen molar-refractivity contribution in [3.8, 4) is 5.75 Å². The summed E-state index contributed by atoms with van der Waals surface area (Å²) in [4.78, 5) is 0. The second kappa shape index (κ2) is 3.84. The van der Waals surface area contributed by atoms with E-state index in [9.17, 15) is 0 Å². The van der Waals surface area contributed by atoms with E-state index in [0.717, 1.165) is 5.56 Å². The largest absolute Gasteiger partial charge is 0.495 e. The fraction of sp³-hybridized carbons (Fsp3) is 0.250. The molecule has 0 aliphatic carbocycles. The first kappa shape index (κ1) is 8.69. The minimum Gasteiger partial charge on any atom is -0.495 e. The summed E-state index contributed by atoms with van der Waals surface area (Å²) in [6, 6.07) is 5.49. The summed E-state index contributed by atoms with van der Waals surface area (Å²) in [5.41, 5.74) is 0.998. The Kier molecular flexibility index (Phi) is 3.03. The third-order valence-corrected chi connectivity index (χ3v) is 1.97. The average molecular weight is 191 g/mol. The molecule has 0 amide bonds. The number of alkyl halides is 1. The molecule has 0 N–H and O–H groups in total. The Bertz CT molecular complexity index is 248. The Morgan fingerprint density at radius 3 is 2.64 bits per heavy atom. The van der Waals surface area contributed by atoms with Crippen LogP contribution in [-0.4, -0.2) is 7.11 Å². The van der Waals surface area contributed by atoms with Crippen molar-refractivity contribution in [2.24, 2.45) is 0 Å². The molecule has 11 heavy (non-hydrogen) atoms. The normalized spacial score (nSPS) is 9.73. The van der Waals surface area contributed by atoms with Crippen molar-refractivity contribution in [1.82, 2.24) is 0 Å². The van der Waals surface area contributed by atoms with Gasteiger partial charge in [-0.1, -0.05) is 17.7 Å². The predicted octanol–water partition coefficient (Wildman–Crippen LogP) is 3.09. The third kappa shape index (κ3) is 2.01. The summed E-state index contributed by atoms with van der Waals surface area (Å²) in [5.74, 6) is 1.16. The highest BCUT2D eigenvalue weighted by Crippen LogP contribution is 2.25. The van der Waals surface area contributed by atoms with Crippen LogP contribution < -0.4 is 4.74 Å². The molecule has 0 unspecified atom stereocenters. The van der Waals surface area contributed by atoms with Crippen LogP contribution in [0.2, 0.25) is 5.02 Å². The molecule has 0 radical (unpaired) electrons. The van der Waals surface area contributed by atoms with E-state index < -0.39 is 0 Å². The summed E-state index contributed by atoms with van der Waals surface area (Å²) in [5, 5.41) is 0.602. The molecule has 0 atom stereocenters. The predicted molar refractivity (Wildman–Crippen MR) is 47.6 cm³/mol. The topological polar surface area (TPSA) is 9.23 Å². The van der Waals surface area contributed by atoms with Gasteiger partial charge in [-0.2, -0.15) is 0 Å². The molecule has 0 aromatic heterocycles. The summed E-state index contributed by atoms with van der Waals surface area (Å²) in [6.45, 7) is 0. The molecule has 60 valence electrons. The van der Waals surface area contributed by atoms with Gasteiger partial charge < -0.3 is 4.74 Å². The van der Waals surface area contributed by atoms with Gasteiger partial charge in [0.1, 0.15) is 5.75 Å². The van der Waals surface area contributed by atoms with E-state index in [1.165, 1.54) is 0 Å². The van der Waals surface area contributed by atoms with Crippen LogP contribution in [0.15, 0.2) is 18.2 Å². The number of hydrogen-bond donors (Lipinski definition) is 0. The summed E-state index contributed by atoms with van der Waals surface area (Å²) < 4.78 is 4.97. The van der Waals surface area contributed by atoms with Crippen LogP contribution in [0.25, 0.3) is 0 Å². The van der Waals surface area contributed by atoms with Crippen molar-refractivity contribution in [2.45, 2.75) is 5.88 Å². The van der Waals surface area contributed by atoms with E-state index in [4.69, 9.17) is 27.9 Å². The Hall–Kier alpha value is -0.400. The lowest BCUT2D eigenvalue weighted by molar-refractivity contribution is 0.415. The zero-order valence-electron chi connectivity index (χ0n) is 6.10. The molecular formula is C8H8Cl2O. The molecular weight excluding hydrogens is 183 g/mol. The number of benzene rings is 1. The number of hydrogen-bond acceptors (Lipinski definition) is 1. The van der Waals surface area contributed by atoms with E-state index >= 15 is 0 Å². The number of halogens is 2. The first-order valence-electron chi connectivity index (χ1n) is 3.16. The van der Waals surface area contributed by atoms with E-state index in [1.807, 2.05) is 6.07 Å². The fourth-order valence-corrected chi connectivity index (χ4v) is 1.24. The van der Waals surface area contributed by atoms with E-state index in [2.05, 4.69) is 0 Å². The lowest BCUT2D eigenvalue weighted by Gasteiger charge is -2.02. The molecule has 1 nitrogen and oxygen atoms in total. The first-order chi connectivity index (χ1) is 5.27. The zero-order valence-corrected chi connectivity index (χ0v) is 7.62. The van der Waals surface area contributed by atoms with Crippen LogP contribution in [0.1, 0.15) is 5.56 Å². The fourth-order valence-electron chi connectivity index (χ4n) is 0.793. The average Bonchev–Trinajstić information content (AvgIpc) is 2.04. The smallest absolute Gasteiger partial charge is 0.137 e. The van der Waals surface area contributed by atoms with Gasteiger partial charge in [0.25, 0.3) is 0 Å². The van der Waals surface area contributed by atoms with Crippen LogP contribution >= 0.6 is 23.2 Å². The molecule has 0 saturated carbocycles. The molecule has 3 heteroatoms. The van der Waals surface area contributed by atoms with E-state index in [0.29, 0.717) is 16.7 Å². The van der Waals surface area contributed by atoms with Gasteiger partial charge in [0.2, 0.25) is 0 Å². The van der Waals surface area contributed by atoms with Crippen LogP contribution in [0.3, 0.4) is 0 Å². The van der Waals surface area contributed by atoms with Gasteiger partial charge in [-0.15, -0.1) is 11.6 Å². The minimum absolute atomic E-state index is 0.476. The van der Waals surface area contributed by atoms with Gasteiger partial charge in [-0.3, -0.25) is 0 Å². The molecule has 0 bridgehead atoms. The van der Waals surface area contributed by atoms with Crippen LogP contribution in [0.5, 0.6) is 5.75 Å². The van der Waals surface area contributed by atoms with E-state index in [1.54, 1.807) is 19.2 Å². The van der Waals surface area contributed by atoms with Crippen LogP contribution in [0, 0.1) is 0 Å². The zero-order chi connectivity index (χ0) is 8.27. The van der Waals surface area contributed by atoms with E-state index in [-0.39, 0.29) is 0 Å². The molecule has 0 saturated heterocycles. The van der Waals surface area contributed by atoms with Crippen molar-refractivity contribution in [1.29, 1.82) is 0 Å². The van der Waals surface area contributed by atoms with Crippen LogP contribution in [-0.2, 0) is 5.88 Å². The van der Waals surface area contributed by atoms with Crippen molar-refractivity contribution < 1.29 is 4.74 Å². The van der Waals surface area contributed by atoms with Gasteiger partial charge in [0, 0.05) is 5.88 Å². The summed E-state index contributed by atoms with van der Waals surface area (Å²) in [7, 11) is 1.58. The first-order valence-corrected chi connectivity index (χ1v) is 4.07. The number of methoxy groups -OCH3 is 1. The van der Waals surface area contributed by atoms with Crippen molar-refractivity contribution in [3.63, 3.8) is 0 Å². The SMILES string of the molecule is COc1ccc(CCl)cc1Cl.